The van der Waals surface area contributed by atoms with E-state index in [9.17, 15) is 9.90 Å². The number of carbonyl (C=O) groups excluding carboxylic acids is 1. The van der Waals surface area contributed by atoms with E-state index in [2.05, 4.69) is 30.2 Å². The van der Waals surface area contributed by atoms with Crippen molar-refractivity contribution >= 4 is 28.5 Å². The molecule has 0 radical (unpaired) electrons. The van der Waals surface area contributed by atoms with Crippen molar-refractivity contribution in [3.8, 4) is 0 Å². The van der Waals surface area contributed by atoms with E-state index < -0.39 is 0 Å². The normalized spacial score (nSPS) is 15.4. The number of halogens is 1. The second-order valence-electron chi connectivity index (χ2n) is 6.13. The second-order valence-corrected chi connectivity index (χ2v) is 6.53. The first-order valence-electron chi connectivity index (χ1n) is 7.46. The van der Waals surface area contributed by atoms with Crippen LogP contribution in [-0.2, 0) is 6.54 Å². The fraction of sp³-hybridized carbons (Fsp3) is 0.438. The van der Waals surface area contributed by atoms with E-state index in [1.165, 1.54) is 0 Å². The molecule has 0 unspecified atom stereocenters. The Morgan fingerprint density at radius 1 is 1.45 bits per heavy atom. The van der Waals surface area contributed by atoms with Crippen molar-refractivity contribution in [1.82, 2.24) is 15.2 Å². The molecule has 1 aromatic carbocycles. The summed E-state index contributed by atoms with van der Waals surface area (Å²) in [6.07, 6.45) is -0.379. The first-order valence-corrected chi connectivity index (χ1v) is 7.83. The van der Waals surface area contributed by atoms with Crippen molar-refractivity contribution in [2.75, 3.05) is 13.1 Å². The average molecular weight is 322 g/mol. The molecule has 2 aromatic rings. The Labute approximate surface area is 134 Å². The molecule has 118 valence electrons. The first kappa shape index (κ1) is 15.2. The lowest BCUT2D eigenvalue weighted by atomic mass is 10.0. The number of aliphatic hydroxyl groups excluding tert-OH is 1. The van der Waals surface area contributed by atoms with Crippen LogP contribution in [0.5, 0.6) is 0 Å². The summed E-state index contributed by atoms with van der Waals surface area (Å²) in [5.41, 5.74) is 3.07. The highest BCUT2D eigenvalue weighted by Crippen LogP contribution is 2.29. The number of β-amino-alcohol motifs (C(OH)–C–C–N with tert-alkyl or cyclic N) is 1. The highest BCUT2D eigenvalue weighted by molar-refractivity contribution is 6.32. The number of fused-ring (bicyclic) bond motifs is 1. The molecule has 2 amide bonds. The lowest BCUT2D eigenvalue weighted by molar-refractivity contribution is 0.0265. The fourth-order valence-electron chi connectivity index (χ4n) is 2.67. The average Bonchev–Trinajstić information content (AvgIpc) is 2.81. The molecule has 0 atom stereocenters. The Balaban J connectivity index is 1.71. The number of amides is 2. The molecule has 1 aromatic heterocycles. The molecule has 1 aliphatic rings. The van der Waals surface area contributed by atoms with Gasteiger partial charge in [0.15, 0.2) is 0 Å². The molecule has 1 aliphatic heterocycles. The van der Waals surface area contributed by atoms with Crippen LogP contribution in [0.15, 0.2) is 18.2 Å². The van der Waals surface area contributed by atoms with Gasteiger partial charge in [-0.25, -0.2) is 4.79 Å². The summed E-state index contributed by atoms with van der Waals surface area (Å²) in [6, 6.07) is 5.88. The fourth-order valence-corrected chi connectivity index (χ4v) is 3.06. The molecule has 0 saturated carbocycles. The molecule has 1 fully saturated rings. The van der Waals surface area contributed by atoms with E-state index in [4.69, 9.17) is 11.6 Å². The van der Waals surface area contributed by atoms with E-state index in [1.54, 1.807) is 4.90 Å². The maximum Gasteiger partial charge on any atom is 0.317 e. The Hall–Kier alpha value is -1.72. The summed E-state index contributed by atoms with van der Waals surface area (Å²) in [4.78, 5) is 16.7. The molecule has 22 heavy (non-hydrogen) atoms. The van der Waals surface area contributed by atoms with Gasteiger partial charge in [0.1, 0.15) is 0 Å². The van der Waals surface area contributed by atoms with Gasteiger partial charge in [-0.2, -0.15) is 0 Å². The number of aliphatic hydroxyl groups is 1. The third-order valence-electron chi connectivity index (χ3n) is 4.00. The lowest BCUT2D eigenvalue weighted by Crippen LogP contribution is -2.56. The maximum atomic E-state index is 11.8. The smallest absolute Gasteiger partial charge is 0.317 e. The number of nitrogens with one attached hydrogen (secondary N) is 2. The number of likely N-dealkylation sites (tertiary alicyclic amines) is 1. The molecule has 2 heterocycles. The number of carbonyl (C=O) groups is 1. The van der Waals surface area contributed by atoms with E-state index in [1.807, 2.05) is 12.1 Å². The third-order valence-corrected chi connectivity index (χ3v) is 4.32. The predicted molar refractivity (Wildman–Crippen MR) is 87.2 cm³/mol. The topological polar surface area (TPSA) is 68.4 Å². The Morgan fingerprint density at radius 3 is 2.82 bits per heavy atom. The summed E-state index contributed by atoms with van der Waals surface area (Å²) >= 11 is 6.30. The number of benzene rings is 1. The van der Waals surface area contributed by atoms with Crippen LogP contribution in [0.25, 0.3) is 10.9 Å². The number of hydrogen-bond donors (Lipinski definition) is 3. The van der Waals surface area contributed by atoms with Gasteiger partial charge < -0.3 is 20.3 Å². The van der Waals surface area contributed by atoms with Crippen LogP contribution >= 0.6 is 11.6 Å². The van der Waals surface area contributed by atoms with Crippen LogP contribution in [0.1, 0.15) is 31.0 Å². The summed E-state index contributed by atoms with van der Waals surface area (Å²) in [5.74, 6) is 0.362. The van der Waals surface area contributed by atoms with Gasteiger partial charge in [-0.3, -0.25) is 0 Å². The Bertz CT molecular complexity index is 705. The second kappa shape index (κ2) is 5.82. The van der Waals surface area contributed by atoms with Gasteiger partial charge in [-0.15, -0.1) is 0 Å². The van der Waals surface area contributed by atoms with Gasteiger partial charge in [-0.05, 0) is 29.7 Å². The zero-order chi connectivity index (χ0) is 15.9. The van der Waals surface area contributed by atoms with Crippen molar-refractivity contribution in [3.63, 3.8) is 0 Å². The van der Waals surface area contributed by atoms with Gasteiger partial charge in [-0.1, -0.05) is 25.4 Å². The molecule has 3 rings (SSSR count). The number of urea groups is 1. The highest BCUT2D eigenvalue weighted by atomic mass is 35.5. The van der Waals surface area contributed by atoms with Crippen molar-refractivity contribution in [1.29, 1.82) is 0 Å². The molecule has 5 nitrogen and oxygen atoms in total. The summed E-state index contributed by atoms with van der Waals surface area (Å²) in [7, 11) is 0. The van der Waals surface area contributed by atoms with Crippen molar-refractivity contribution in [2.24, 2.45) is 0 Å². The predicted octanol–water partition coefficient (Wildman–Crippen LogP) is 2.83. The van der Waals surface area contributed by atoms with E-state index in [0.717, 1.165) is 27.2 Å². The third kappa shape index (κ3) is 2.91. The lowest BCUT2D eigenvalue weighted by Gasteiger charge is -2.35. The van der Waals surface area contributed by atoms with Crippen LogP contribution in [0.3, 0.4) is 0 Å². The summed E-state index contributed by atoms with van der Waals surface area (Å²) < 4.78 is 0. The Morgan fingerprint density at radius 2 is 2.18 bits per heavy atom. The number of aromatic nitrogens is 1. The minimum atomic E-state index is -0.379. The van der Waals surface area contributed by atoms with Crippen LogP contribution in [0.4, 0.5) is 4.79 Å². The maximum absolute atomic E-state index is 11.8. The number of hydrogen-bond acceptors (Lipinski definition) is 2. The van der Waals surface area contributed by atoms with Gasteiger partial charge in [0.25, 0.3) is 0 Å². The Kier molecular flexibility index (Phi) is 4.02. The van der Waals surface area contributed by atoms with E-state index >= 15 is 0 Å². The highest BCUT2D eigenvalue weighted by Gasteiger charge is 2.28. The van der Waals surface area contributed by atoms with E-state index in [0.29, 0.717) is 25.6 Å². The molecule has 1 saturated heterocycles. The zero-order valence-corrected chi connectivity index (χ0v) is 13.4. The monoisotopic (exact) mass is 321 g/mol. The summed E-state index contributed by atoms with van der Waals surface area (Å²) in [5, 5.41) is 13.9. The number of H-pyrrole nitrogens is 1. The van der Waals surface area contributed by atoms with Crippen LogP contribution in [0, 0.1) is 0 Å². The molecule has 6 heteroatoms. The SMILES string of the molecule is CC(C)c1cc2[nH]c(CNC(=O)N3CC(O)C3)cc2cc1Cl. The van der Waals surface area contributed by atoms with Gasteiger partial charge in [0.2, 0.25) is 0 Å². The molecule has 0 bridgehead atoms. The molecule has 0 aliphatic carbocycles. The molecular weight excluding hydrogens is 302 g/mol. The summed E-state index contributed by atoms with van der Waals surface area (Å²) in [6.45, 7) is 5.46. The van der Waals surface area contributed by atoms with E-state index in [-0.39, 0.29) is 12.1 Å². The van der Waals surface area contributed by atoms with Crippen molar-refractivity contribution in [2.45, 2.75) is 32.4 Å². The quantitative estimate of drug-likeness (QED) is 0.813. The molecule has 3 N–H and O–H groups in total. The van der Waals surface area contributed by atoms with Gasteiger partial charge in [0.05, 0.1) is 25.7 Å². The van der Waals surface area contributed by atoms with Crippen molar-refractivity contribution < 1.29 is 9.90 Å². The molecule has 0 spiro atoms. The van der Waals surface area contributed by atoms with Crippen LogP contribution < -0.4 is 5.32 Å². The van der Waals surface area contributed by atoms with Gasteiger partial charge >= 0.3 is 6.03 Å². The zero-order valence-electron chi connectivity index (χ0n) is 12.7. The minimum absolute atomic E-state index is 0.148. The number of aromatic amines is 1. The minimum Gasteiger partial charge on any atom is -0.389 e. The van der Waals surface area contributed by atoms with Gasteiger partial charge in [0, 0.05) is 21.6 Å². The molecular formula is C16H20ClN3O2. The van der Waals surface area contributed by atoms with Crippen LogP contribution in [0.2, 0.25) is 5.02 Å². The van der Waals surface area contributed by atoms with Crippen molar-refractivity contribution in [3.05, 3.63) is 34.5 Å². The van der Waals surface area contributed by atoms with Crippen LogP contribution in [-0.4, -0.2) is 40.2 Å². The first-order chi connectivity index (χ1) is 10.4. The largest absolute Gasteiger partial charge is 0.389 e. The number of rotatable bonds is 3. The standard InChI is InChI=1S/C16H20ClN3O2/c1-9(2)13-5-15-10(4-14(13)17)3-11(19-15)6-18-16(22)20-7-12(21)8-20/h3-5,9,12,19,21H,6-8H2,1-2H3,(H,18,22). The number of nitrogens with zero attached hydrogens (tertiary/aromatic N) is 1.